The summed E-state index contributed by atoms with van der Waals surface area (Å²) in [5, 5.41) is 2.27. The Hall–Kier alpha value is -4.92. The summed E-state index contributed by atoms with van der Waals surface area (Å²) in [5.41, 5.74) is 1.77. The van der Waals surface area contributed by atoms with Crippen LogP contribution in [0, 0.1) is 0 Å². The van der Waals surface area contributed by atoms with Gasteiger partial charge in [-0.15, -0.1) is 0 Å². The van der Waals surface area contributed by atoms with Gasteiger partial charge >= 0.3 is 0 Å². The maximum atomic E-state index is 12.6. The zero-order valence-electron chi connectivity index (χ0n) is 16.8. The number of imide groups is 3. The van der Waals surface area contributed by atoms with Crippen molar-refractivity contribution in [3.63, 3.8) is 0 Å². The Labute approximate surface area is 186 Å². The van der Waals surface area contributed by atoms with Crippen LogP contribution in [-0.4, -0.2) is 35.4 Å². The average molecular weight is 439 g/mol. The number of carbonyl (C=O) groups is 6. The van der Waals surface area contributed by atoms with Gasteiger partial charge in [-0.2, -0.15) is 0 Å². The van der Waals surface area contributed by atoms with Crippen molar-refractivity contribution in [2.45, 2.75) is 0 Å². The van der Waals surface area contributed by atoms with Crippen LogP contribution in [0.4, 0.5) is 11.4 Å². The number of amides is 6. The van der Waals surface area contributed by atoms with Crippen LogP contribution in [0.5, 0.6) is 0 Å². The van der Waals surface area contributed by atoms with Gasteiger partial charge in [0.1, 0.15) is 0 Å². The lowest BCUT2D eigenvalue weighted by atomic mass is 9.96. The second-order valence-electron chi connectivity index (χ2n) is 7.32. The molecule has 5 rings (SSSR count). The SMILES string of the molecule is O=C1NC(=O)C(c2ccc(N3C(=O)C=CC3=O)cc2)=C1c1ccc(N2C(=O)C=CC2=O)cc1. The maximum Gasteiger partial charge on any atom is 0.259 e. The lowest BCUT2D eigenvalue weighted by Gasteiger charge is -2.15. The van der Waals surface area contributed by atoms with E-state index in [4.69, 9.17) is 0 Å². The fraction of sp³-hybridized carbons (Fsp3) is 0. The molecule has 0 saturated heterocycles. The smallest absolute Gasteiger partial charge is 0.259 e. The molecular formula is C24H13N3O6. The summed E-state index contributed by atoms with van der Waals surface area (Å²) < 4.78 is 0. The first-order valence-corrected chi connectivity index (χ1v) is 9.78. The molecular weight excluding hydrogens is 426 g/mol. The predicted octanol–water partition coefficient (Wildman–Crippen LogP) is 1.11. The van der Waals surface area contributed by atoms with Gasteiger partial charge in [0.25, 0.3) is 35.4 Å². The standard InChI is InChI=1S/C24H13N3O6/c28-17-9-10-18(29)26(17)15-5-1-13(2-6-15)21-22(24(33)25-23(21)32)14-3-7-16(8-4-14)27-19(30)11-12-20(27)31/h1-12H,(H,25,32,33). The van der Waals surface area contributed by atoms with Crippen molar-refractivity contribution in [3.8, 4) is 0 Å². The molecule has 9 nitrogen and oxygen atoms in total. The van der Waals surface area contributed by atoms with E-state index in [0.717, 1.165) is 9.80 Å². The Balaban J connectivity index is 1.51. The number of benzene rings is 2. The van der Waals surface area contributed by atoms with Crippen LogP contribution in [0.3, 0.4) is 0 Å². The summed E-state index contributed by atoms with van der Waals surface area (Å²) in [4.78, 5) is 74.6. The highest BCUT2D eigenvalue weighted by Gasteiger charge is 2.33. The topological polar surface area (TPSA) is 121 Å². The van der Waals surface area contributed by atoms with Gasteiger partial charge in [-0.25, -0.2) is 9.80 Å². The highest BCUT2D eigenvalue weighted by molar-refractivity contribution is 6.49. The third kappa shape index (κ3) is 3.19. The molecule has 160 valence electrons. The monoisotopic (exact) mass is 439 g/mol. The number of nitrogens with zero attached hydrogens (tertiary/aromatic N) is 2. The van der Waals surface area contributed by atoms with Gasteiger partial charge in [-0.1, -0.05) is 24.3 Å². The lowest BCUT2D eigenvalue weighted by Crippen LogP contribution is -2.29. The van der Waals surface area contributed by atoms with Crippen LogP contribution < -0.4 is 15.1 Å². The van der Waals surface area contributed by atoms with Gasteiger partial charge in [-0.3, -0.25) is 34.1 Å². The van der Waals surface area contributed by atoms with E-state index in [-0.39, 0.29) is 11.1 Å². The first-order chi connectivity index (χ1) is 15.8. The summed E-state index contributed by atoms with van der Waals surface area (Å²) in [6, 6.07) is 12.2. The minimum absolute atomic E-state index is 0.131. The van der Waals surface area contributed by atoms with Gasteiger partial charge in [0.05, 0.1) is 22.5 Å². The number of carbonyl (C=O) groups excluding carboxylic acids is 6. The van der Waals surface area contributed by atoms with E-state index in [1.807, 2.05) is 0 Å². The van der Waals surface area contributed by atoms with Gasteiger partial charge < -0.3 is 0 Å². The summed E-state index contributed by atoms with van der Waals surface area (Å²) in [6.07, 6.45) is 4.68. The van der Waals surface area contributed by atoms with Crippen molar-refractivity contribution in [3.05, 3.63) is 84.0 Å². The Kier molecular flexibility index (Phi) is 4.45. The Bertz CT molecular complexity index is 1240. The average Bonchev–Trinajstić information content (AvgIpc) is 3.42. The number of rotatable bonds is 4. The van der Waals surface area contributed by atoms with Crippen LogP contribution in [0.25, 0.3) is 11.1 Å². The number of hydrogen-bond donors (Lipinski definition) is 1. The Morgan fingerprint density at radius 3 is 1.06 bits per heavy atom. The molecule has 3 heterocycles. The van der Waals surface area contributed by atoms with Crippen molar-refractivity contribution in [2.24, 2.45) is 0 Å². The highest BCUT2D eigenvalue weighted by Crippen LogP contribution is 2.33. The molecule has 6 amide bonds. The Morgan fingerprint density at radius 1 is 0.455 bits per heavy atom. The largest absolute Gasteiger partial charge is 0.288 e. The normalized spacial score (nSPS) is 17.8. The van der Waals surface area contributed by atoms with Crippen LogP contribution in [0.1, 0.15) is 11.1 Å². The fourth-order valence-corrected chi connectivity index (χ4v) is 3.87. The molecule has 0 saturated carbocycles. The molecule has 0 unspecified atom stereocenters. The molecule has 0 aromatic heterocycles. The zero-order chi connectivity index (χ0) is 23.3. The van der Waals surface area contributed by atoms with E-state index in [1.54, 1.807) is 24.3 Å². The van der Waals surface area contributed by atoms with Crippen molar-refractivity contribution in [2.75, 3.05) is 9.80 Å². The van der Waals surface area contributed by atoms with Crippen molar-refractivity contribution < 1.29 is 28.8 Å². The minimum Gasteiger partial charge on any atom is -0.288 e. The van der Waals surface area contributed by atoms with Crippen LogP contribution in [-0.2, 0) is 28.8 Å². The summed E-state index contributed by atoms with van der Waals surface area (Å²) in [6.45, 7) is 0. The number of anilines is 2. The molecule has 0 fully saturated rings. The second kappa shape index (κ2) is 7.34. The quantitative estimate of drug-likeness (QED) is 0.713. The third-order valence-corrected chi connectivity index (χ3v) is 5.38. The minimum atomic E-state index is -0.587. The molecule has 2 aromatic rings. The van der Waals surface area contributed by atoms with E-state index in [9.17, 15) is 28.8 Å². The summed E-state index contributed by atoms with van der Waals surface area (Å²) in [7, 11) is 0. The molecule has 2 aromatic carbocycles. The van der Waals surface area contributed by atoms with E-state index >= 15 is 0 Å². The third-order valence-electron chi connectivity index (χ3n) is 5.38. The molecule has 1 N–H and O–H groups in total. The van der Waals surface area contributed by atoms with Gasteiger partial charge in [-0.05, 0) is 35.4 Å². The second-order valence-corrected chi connectivity index (χ2v) is 7.32. The molecule has 0 radical (unpaired) electrons. The molecule has 0 bridgehead atoms. The van der Waals surface area contributed by atoms with E-state index in [2.05, 4.69) is 5.32 Å². The highest BCUT2D eigenvalue weighted by atomic mass is 16.2. The van der Waals surface area contributed by atoms with E-state index in [0.29, 0.717) is 22.5 Å². The Morgan fingerprint density at radius 2 is 0.758 bits per heavy atom. The van der Waals surface area contributed by atoms with E-state index in [1.165, 1.54) is 48.6 Å². The van der Waals surface area contributed by atoms with Crippen molar-refractivity contribution >= 4 is 58.0 Å². The molecule has 3 aliphatic heterocycles. The molecule has 3 aliphatic rings. The molecule has 0 aliphatic carbocycles. The summed E-state index contributed by atoms with van der Waals surface area (Å²) in [5.74, 6) is -3.04. The van der Waals surface area contributed by atoms with Gasteiger partial charge in [0.15, 0.2) is 0 Å². The lowest BCUT2D eigenvalue weighted by molar-refractivity contribution is -0.123. The van der Waals surface area contributed by atoms with Crippen molar-refractivity contribution in [1.82, 2.24) is 5.32 Å². The predicted molar refractivity (Wildman–Crippen MR) is 116 cm³/mol. The first-order valence-electron chi connectivity index (χ1n) is 9.78. The molecule has 0 spiro atoms. The van der Waals surface area contributed by atoms with Gasteiger partial charge in [0.2, 0.25) is 0 Å². The maximum absolute atomic E-state index is 12.6. The van der Waals surface area contributed by atoms with Crippen LogP contribution in [0.2, 0.25) is 0 Å². The molecule has 33 heavy (non-hydrogen) atoms. The van der Waals surface area contributed by atoms with Crippen molar-refractivity contribution in [1.29, 1.82) is 0 Å². The molecule has 0 atom stereocenters. The molecule has 9 heteroatoms. The van der Waals surface area contributed by atoms with Gasteiger partial charge in [0, 0.05) is 24.3 Å². The van der Waals surface area contributed by atoms with Crippen LogP contribution >= 0.6 is 0 Å². The zero-order valence-corrected chi connectivity index (χ0v) is 16.8. The van der Waals surface area contributed by atoms with Crippen LogP contribution in [0.15, 0.2) is 72.8 Å². The number of nitrogens with one attached hydrogen (secondary N) is 1. The number of hydrogen-bond acceptors (Lipinski definition) is 6. The fourth-order valence-electron chi connectivity index (χ4n) is 3.87. The van der Waals surface area contributed by atoms with E-state index < -0.39 is 35.4 Å². The first kappa shape index (κ1) is 20.0. The summed E-state index contributed by atoms with van der Waals surface area (Å²) >= 11 is 0.